The summed E-state index contributed by atoms with van der Waals surface area (Å²) < 4.78 is 0. The highest BCUT2D eigenvalue weighted by Gasteiger charge is 2.18. The molecule has 0 aliphatic heterocycles. The van der Waals surface area contributed by atoms with Gasteiger partial charge in [0.1, 0.15) is 0 Å². The summed E-state index contributed by atoms with van der Waals surface area (Å²) in [5.41, 5.74) is 6.85. The highest BCUT2D eigenvalue weighted by Crippen LogP contribution is 2.12. The second-order valence-electron chi connectivity index (χ2n) is 3.43. The second-order valence-corrected chi connectivity index (χ2v) is 3.43. The molecule has 86 valence electrons. The first-order chi connectivity index (χ1) is 7.56. The van der Waals surface area contributed by atoms with E-state index in [2.05, 4.69) is 15.5 Å². The van der Waals surface area contributed by atoms with Crippen molar-refractivity contribution >= 4 is 17.4 Å². The smallest absolute Gasteiger partial charge is 0.234 e. The lowest BCUT2D eigenvalue weighted by molar-refractivity contribution is -0.117. The zero-order chi connectivity index (χ0) is 12.1. The summed E-state index contributed by atoms with van der Waals surface area (Å²) in [6.45, 7) is 3.40. The van der Waals surface area contributed by atoms with Gasteiger partial charge in [-0.15, -0.1) is 0 Å². The quantitative estimate of drug-likeness (QED) is 0.303. The van der Waals surface area contributed by atoms with Gasteiger partial charge in [0.25, 0.3) is 0 Å². The average Bonchev–Trinajstić information content (AvgIpc) is 2.30. The van der Waals surface area contributed by atoms with Crippen LogP contribution < -0.4 is 11.1 Å². The van der Waals surface area contributed by atoms with E-state index in [1.54, 1.807) is 25.4 Å². The second kappa shape index (κ2) is 5.11. The zero-order valence-electron chi connectivity index (χ0n) is 9.14. The molecule has 1 aromatic rings. The Morgan fingerprint density at radius 3 is 2.94 bits per heavy atom. The molecule has 1 amide bonds. The minimum atomic E-state index is -0.690. The molecule has 1 rings (SSSR count). The van der Waals surface area contributed by atoms with Gasteiger partial charge in [-0.25, -0.2) is 0 Å². The van der Waals surface area contributed by atoms with Crippen LogP contribution in [0.15, 0.2) is 23.6 Å². The van der Waals surface area contributed by atoms with Crippen molar-refractivity contribution in [1.82, 2.24) is 4.98 Å². The Kier molecular flexibility index (Phi) is 3.82. The van der Waals surface area contributed by atoms with Crippen molar-refractivity contribution in [2.75, 3.05) is 5.32 Å². The maximum Gasteiger partial charge on any atom is 0.234 e. The van der Waals surface area contributed by atoms with Crippen LogP contribution in [0.1, 0.15) is 12.5 Å². The van der Waals surface area contributed by atoms with Gasteiger partial charge in [-0.05, 0) is 25.5 Å². The van der Waals surface area contributed by atoms with Crippen LogP contribution in [0, 0.1) is 12.8 Å². The number of oxime groups is 1. The molecule has 0 radical (unpaired) electrons. The lowest BCUT2D eigenvalue weighted by Gasteiger charge is -2.11. The molecular formula is C10H14N4O2. The summed E-state index contributed by atoms with van der Waals surface area (Å²) >= 11 is 0. The zero-order valence-corrected chi connectivity index (χ0v) is 9.14. The van der Waals surface area contributed by atoms with Crippen LogP contribution in [0.4, 0.5) is 5.69 Å². The highest BCUT2D eigenvalue weighted by molar-refractivity contribution is 6.07. The van der Waals surface area contributed by atoms with E-state index in [4.69, 9.17) is 10.9 Å². The summed E-state index contributed by atoms with van der Waals surface area (Å²) in [6, 6.07) is 1.78. The van der Waals surface area contributed by atoms with Gasteiger partial charge in [-0.1, -0.05) is 5.16 Å². The number of nitrogens with two attached hydrogens (primary N) is 1. The van der Waals surface area contributed by atoms with Crippen molar-refractivity contribution in [1.29, 1.82) is 0 Å². The summed E-state index contributed by atoms with van der Waals surface area (Å²) in [5.74, 6) is -1.16. The van der Waals surface area contributed by atoms with E-state index in [1.807, 2.05) is 6.92 Å². The summed E-state index contributed by atoms with van der Waals surface area (Å²) in [7, 11) is 0. The SMILES string of the molecule is Cc1ccncc1NC(=O)C(C)C(N)=NO. The van der Waals surface area contributed by atoms with E-state index in [0.29, 0.717) is 5.69 Å². The normalized spacial score (nSPS) is 13.2. The highest BCUT2D eigenvalue weighted by atomic mass is 16.4. The van der Waals surface area contributed by atoms with Crippen molar-refractivity contribution in [2.24, 2.45) is 16.8 Å². The number of amides is 1. The van der Waals surface area contributed by atoms with Crippen molar-refractivity contribution < 1.29 is 10.0 Å². The molecule has 0 aromatic carbocycles. The van der Waals surface area contributed by atoms with Crippen LogP contribution in [-0.2, 0) is 4.79 Å². The number of nitrogens with one attached hydrogen (secondary N) is 1. The number of amidine groups is 1. The Morgan fingerprint density at radius 2 is 2.38 bits per heavy atom. The average molecular weight is 222 g/mol. The molecule has 16 heavy (non-hydrogen) atoms. The molecule has 4 N–H and O–H groups in total. The molecule has 0 bridgehead atoms. The van der Waals surface area contributed by atoms with Crippen molar-refractivity contribution in [3.05, 3.63) is 24.0 Å². The maximum absolute atomic E-state index is 11.7. The van der Waals surface area contributed by atoms with Gasteiger partial charge in [0.05, 0.1) is 17.8 Å². The van der Waals surface area contributed by atoms with Crippen LogP contribution in [0.3, 0.4) is 0 Å². The van der Waals surface area contributed by atoms with E-state index < -0.39 is 5.92 Å². The third-order valence-corrected chi connectivity index (χ3v) is 2.25. The standard InChI is InChI=1S/C10H14N4O2/c1-6-3-4-12-5-8(6)13-10(15)7(2)9(11)14-16/h3-5,7,16H,1-2H3,(H2,11,14)(H,13,15). The molecule has 1 unspecified atom stereocenters. The van der Waals surface area contributed by atoms with Gasteiger partial charge in [0, 0.05) is 6.20 Å². The number of anilines is 1. The molecular weight excluding hydrogens is 208 g/mol. The predicted molar refractivity (Wildman–Crippen MR) is 60.2 cm³/mol. The van der Waals surface area contributed by atoms with E-state index >= 15 is 0 Å². The van der Waals surface area contributed by atoms with Crippen LogP contribution in [-0.4, -0.2) is 21.9 Å². The Balaban J connectivity index is 2.76. The van der Waals surface area contributed by atoms with Crippen LogP contribution in [0.5, 0.6) is 0 Å². The van der Waals surface area contributed by atoms with Crippen LogP contribution in [0.25, 0.3) is 0 Å². The molecule has 1 atom stereocenters. The molecule has 0 aliphatic rings. The number of aryl methyl sites for hydroxylation is 1. The van der Waals surface area contributed by atoms with Gasteiger partial charge >= 0.3 is 0 Å². The van der Waals surface area contributed by atoms with Crippen molar-refractivity contribution in [3.8, 4) is 0 Å². The number of rotatable bonds is 3. The van der Waals surface area contributed by atoms with Crippen molar-refractivity contribution in [3.63, 3.8) is 0 Å². The largest absolute Gasteiger partial charge is 0.409 e. The fourth-order valence-electron chi connectivity index (χ4n) is 1.06. The molecule has 6 nitrogen and oxygen atoms in total. The molecule has 0 fully saturated rings. The summed E-state index contributed by atoms with van der Waals surface area (Å²) in [5, 5.41) is 13.9. The summed E-state index contributed by atoms with van der Waals surface area (Å²) in [6.07, 6.45) is 3.18. The topological polar surface area (TPSA) is 101 Å². The first-order valence-corrected chi connectivity index (χ1v) is 4.75. The monoisotopic (exact) mass is 222 g/mol. The number of pyridine rings is 1. The summed E-state index contributed by atoms with van der Waals surface area (Å²) in [4.78, 5) is 15.6. The molecule has 6 heteroatoms. The Bertz CT molecular complexity index is 417. The van der Waals surface area contributed by atoms with Gasteiger partial charge in [-0.2, -0.15) is 0 Å². The van der Waals surface area contributed by atoms with Gasteiger partial charge in [0.2, 0.25) is 5.91 Å². The number of hydrogen-bond acceptors (Lipinski definition) is 4. The number of nitrogens with zero attached hydrogens (tertiary/aromatic N) is 2. The minimum Gasteiger partial charge on any atom is -0.409 e. The molecule has 0 saturated carbocycles. The molecule has 0 saturated heterocycles. The van der Waals surface area contributed by atoms with Gasteiger partial charge < -0.3 is 16.3 Å². The lowest BCUT2D eigenvalue weighted by Crippen LogP contribution is -2.32. The molecule has 0 spiro atoms. The number of carbonyl (C=O) groups is 1. The molecule has 0 aliphatic carbocycles. The third-order valence-electron chi connectivity index (χ3n) is 2.25. The Labute approximate surface area is 93.2 Å². The fraction of sp³-hybridized carbons (Fsp3) is 0.300. The van der Waals surface area contributed by atoms with E-state index in [0.717, 1.165) is 5.56 Å². The van der Waals surface area contributed by atoms with E-state index in [1.165, 1.54) is 0 Å². The Hall–Kier alpha value is -2.11. The first kappa shape index (κ1) is 12.0. The molecule has 1 heterocycles. The van der Waals surface area contributed by atoms with Gasteiger partial charge in [0.15, 0.2) is 5.84 Å². The van der Waals surface area contributed by atoms with Crippen molar-refractivity contribution in [2.45, 2.75) is 13.8 Å². The lowest BCUT2D eigenvalue weighted by atomic mass is 10.1. The fourth-order valence-corrected chi connectivity index (χ4v) is 1.06. The molecule has 1 aromatic heterocycles. The maximum atomic E-state index is 11.7. The van der Waals surface area contributed by atoms with E-state index in [-0.39, 0.29) is 11.7 Å². The van der Waals surface area contributed by atoms with E-state index in [9.17, 15) is 4.79 Å². The first-order valence-electron chi connectivity index (χ1n) is 4.75. The number of hydrogen-bond donors (Lipinski definition) is 3. The predicted octanol–water partition coefficient (Wildman–Crippen LogP) is 0.711. The minimum absolute atomic E-state index is 0.126. The van der Waals surface area contributed by atoms with Gasteiger partial charge in [-0.3, -0.25) is 9.78 Å². The Morgan fingerprint density at radius 1 is 1.69 bits per heavy atom. The number of aromatic nitrogens is 1. The van der Waals surface area contributed by atoms with Crippen LogP contribution in [0.2, 0.25) is 0 Å². The number of carbonyl (C=O) groups excluding carboxylic acids is 1. The van der Waals surface area contributed by atoms with Crippen LogP contribution >= 0.6 is 0 Å². The third kappa shape index (κ3) is 2.69.